The van der Waals surface area contributed by atoms with Gasteiger partial charge in [-0.2, -0.15) is 0 Å². The number of likely N-dealkylation sites (tertiary alicyclic amines) is 2. The van der Waals surface area contributed by atoms with Crippen LogP contribution in [0.25, 0.3) is 0 Å². The van der Waals surface area contributed by atoms with Crippen molar-refractivity contribution in [2.75, 3.05) is 19.6 Å². The summed E-state index contributed by atoms with van der Waals surface area (Å²) in [6.07, 6.45) is 3.35. The van der Waals surface area contributed by atoms with Gasteiger partial charge in [-0.15, -0.1) is 0 Å². The number of amides is 3. The first-order chi connectivity index (χ1) is 11.9. The van der Waals surface area contributed by atoms with Crippen LogP contribution in [0.4, 0.5) is 0 Å². The Bertz CT molecular complexity index is 557. The van der Waals surface area contributed by atoms with E-state index in [9.17, 15) is 14.4 Å². The van der Waals surface area contributed by atoms with E-state index in [1.54, 1.807) is 0 Å². The minimum atomic E-state index is -0.212. The highest BCUT2D eigenvalue weighted by Gasteiger charge is 2.44. The van der Waals surface area contributed by atoms with Crippen molar-refractivity contribution in [2.24, 2.45) is 22.7 Å². The molecule has 3 amide bonds. The van der Waals surface area contributed by atoms with Crippen molar-refractivity contribution >= 4 is 17.7 Å². The zero-order valence-electron chi connectivity index (χ0n) is 17.4. The summed E-state index contributed by atoms with van der Waals surface area (Å²) in [5, 5.41) is 0. The zero-order chi connectivity index (χ0) is 19.7. The fourth-order valence-corrected chi connectivity index (χ4v) is 3.99. The monoisotopic (exact) mass is 364 g/mol. The Kier molecular flexibility index (Phi) is 6.19. The summed E-state index contributed by atoms with van der Waals surface area (Å²) in [6, 6.07) is 0. The molecule has 0 radical (unpaired) electrons. The lowest BCUT2D eigenvalue weighted by atomic mass is 9.80. The number of carbonyl (C=O) groups excluding carboxylic acids is 3. The van der Waals surface area contributed by atoms with E-state index in [4.69, 9.17) is 0 Å². The lowest BCUT2D eigenvalue weighted by molar-refractivity contribution is -0.140. The van der Waals surface area contributed by atoms with Gasteiger partial charge in [-0.25, -0.2) is 0 Å². The number of nitrogens with zero attached hydrogens (tertiary/aromatic N) is 2. The van der Waals surface area contributed by atoms with Gasteiger partial charge in [0.25, 0.3) is 0 Å². The van der Waals surface area contributed by atoms with Crippen molar-refractivity contribution in [2.45, 2.75) is 73.6 Å². The number of carbonyl (C=O) groups is 3. The molecule has 2 atom stereocenters. The average molecular weight is 365 g/mol. The molecular formula is C21H36N2O3. The summed E-state index contributed by atoms with van der Waals surface area (Å²) in [5.41, 5.74) is 0.0614. The number of unbranched alkanes of at least 4 members (excludes halogenated alkanes) is 1. The third-order valence-electron chi connectivity index (χ3n) is 6.08. The molecule has 2 heterocycles. The molecule has 0 bridgehead atoms. The zero-order valence-corrected chi connectivity index (χ0v) is 17.4. The van der Waals surface area contributed by atoms with Crippen molar-refractivity contribution in [3.05, 3.63) is 0 Å². The van der Waals surface area contributed by atoms with Crippen LogP contribution in [0.1, 0.15) is 73.6 Å². The predicted molar refractivity (Wildman–Crippen MR) is 102 cm³/mol. The van der Waals surface area contributed by atoms with Gasteiger partial charge in [0.1, 0.15) is 0 Å². The van der Waals surface area contributed by atoms with Crippen LogP contribution in [0, 0.1) is 22.7 Å². The fourth-order valence-electron chi connectivity index (χ4n) is 3.99. The van der Waals surface area contributed by atoms with Crippen LogP contribution in [-0.4, -0.2) is 47.2 Å². The van der Waals surface area contributed by atoms with E-state index in [0.717, 1.165) is 25.9 Å². The van der Waals surface area contributed by atoms with Gasteiger partial charge in [0.2, 0.25) is 17.7 Å². The van der Waals surface area contributed by atoms with E-state index >= 15 is 0 Å². The maximum Gasteiger partial charge on any atom is 0.233 e. The molecule has 5 heteroatoms. The van der Waals surface area contributed by atoms with Crippen molar-refractivity contribution in [3.8, 4) is 0 Å². The summed E-state index contributed by atoms with van der Waals surface area (Å²) >= 11 is 0. The highest BCUT2D eigenvalue weighted by molar-refractivity contribution is 6.03. The SMILES string of the molecule is CC(C)(C)C1CCN(C(=O)CCCCN2C(=O)CC(C(C)(C)C)C2=O)C1. The molecule has 0 aromatic rings. The molecular weight excluding hydrogens is 328 g/mol. The number of hydrogen-bond acceptors (Lipinski definition) is 3. The van der Waals surface area contributed by atoms with Crippen LogP contribution in [0.15, 0.2) is 0 Å². The van der Waals surface area contributed by atoms with Crippen molar-refractivity contribution in [1.29, 1.82) is 0 Å². The highest BCUT2D eigenvalue weighted by Crippen LogP contribution is 2.36. The van der Waals surface area contributed by atoms with E-state index in [1.165, 1.54) is 4.90 Å². The molecule has 0 saturated carbocycles. The first-order valence-electron chi connectivity index (χ1n) is 10.0. The summed E-state index contributed by atoms with van der Waals surface area (Å²) in [7, 11) is 0. The molecule has 2 unspecified atom stereocenters. The maximum atomic E-state index is 12.5. The van der Waals surface area contributed by atoms with E-state index in [0.29, 0.717) is 31.7 Å². The van der Waals surface area contributed by atoms with E-state index in [2.05, 4.69) is 20.8 Å². The Hall–Kier alpha value is -1.39. The quantitative estimate of drug-likeness (QED) is 0.554. The molecule has 2 aliphatic rings. The Morgan fingerprint density at radius 2 is 1.69 bits per heavy atom. The van der Waals surface area contributed by atoms with Gasteiger partial charge in [0.15, 0.2) is 0 Å². The van der Waals surface area contributed by atoms with Gasteiger partial charge in [-0.1, -0.05) is 41.5 Å². The molecule has 0 N–H and O–H groups in total. The Morgan fingerprint density at radius 1 is 1.04 bits per heavy atom. The second-order valence-corrected chi connectivity index (χ2v) is 10.2. The second-order valence-electron chi connectivity index (χ2n) is 10.2. The van der Waals surface area contributed by atoms with Gasteiger partial charge >= 0.3 is 0 Å². The van der Waals surface area contributed by atoms with Crippen molar-refractivity contribution < 1.29 is 14.4 Å². The predicted octanol–water partition coefficient (Wildman–Crippen LogP) is 3.47. The third kappa shape index (κ3) is 4.86. The summed E-state index contributed by atoms with van der Waals surface area (Å²) < 4.78 is 0. The lowest BCUT2D eigenvalue weighted by Gasteiger charge is -2.27. The van der Waals surface area contributed by atoms with Crippen LogP contribution >= 0.6 is 0 Å². The molecule has 0 aromatic carbocycles. The summed E-state index contributed by atoms with van der Waals surface area (Å²) in [5.74, 6) is 0.467. The molecule has 26 heavy (non-hydrogen) atoms. The third-order valence-corrected chi connectivity index (χ3v) is 6.08. The van der Waals surface area contributed by atoms with E-state index < -0.39 is 0 Å². The molecule has 0 spiro atoms. The molecule has 2 fully saturated rings. The van der Waals surface area contributed by atoms with Crippen LogP contribution in [0.2, 0.25) is 0 Å². The number of imide groups is 1. The van der Waals surface area contributed by atoms with Crippen LogP contribution in [-0.2, 0) is 14.4 Å². The van der Waals surface area contributed by atoms with E-state index in [1.807, 2.05) is 25.7 Å². The maximum absolute atomic E-state index is 12.5. The normalized spacial score (nSPS) is 24.7. The summed E-state index contributed by atoms with van der Waals surface area (Å²) in [6.45, 7) is 14.9. The number of hydrogen-bond donors (Lipinski definition) is 0. The minimum absolute atomic E-state index is 0.0404. The second kappa shape index (κ2) is 7.69. The van der Waals surface area contributed by atoms with Gasteiger partial charge in [0, 0.05) is 32.5 Å². The molecule has 0 aromatic heterocycles. The molecule has 0 aliphatic carbocycles. The average Bonchev–Trinajstić information content (AvgIpc) is 3.09. The van der Waals surface area contributed by atoms with Crippen molar-refractivity contribution in [1.82, 2.24) is 9.80 Å². The first-order valence-corrected chi connectivity index (χ1v) is 10.0. The standard InChI is InChI=1S/C21H36N2O3/c1-20(2,3)15-10-12-22(14-15)17(24)9-7-8-11-23-18(25)13-16(19(23)26)21(4,5)6/h15-16H,7-14H2,1-6H3. The van der Waals surface area contributed by atoms with E-state index in [-0.39, 0.29) is 34.5 Å². The largest absolute Gasteiger partial charge is 0.342 e. The van der Waals surface area contributed by atoms with Crippen molar-refractivity contribution in [3.63, 3.8) is 0 Å². The minimum Gasteiger partial charge on any atom is -0.342 e. The Morgan fingerprint density at radius 3 is 2.19 bits per heavy atom. The van der Waals surface area contributed by atoms with Gasteiger partial charge in [0.05, 0.1) is 5.92 Å². The Balaban J connectivity index is 1.73. The molecule has 2 rings (SSSR count). The lowest BCUT2D eigenvalue weighted by Crippen LogP contribution is -2.35. The molecule has 2 aliphatic heterocycles. The molecule has 2 saturated heterocycles. The summed E-state index contributed by atoms with van der Waals surface area (Å²) in [4.78, 5) is 40.4. The molecule has 5 nitrogen and oxygen atoms in total. The highest BCUT2D eigenvalue weighted by atomic mass is 16.2. The topological polar surface area (TPSA) is 57.7 Å². The fraction of sp³-hybridized carbons (Fsp3) is 0.857. The van der Waals surface area contributed by atoms with Crippen LogP contribution < -0.4 is 0 Å². The molecule has 148 valence electrons. The first kappa shape index (κ1) is 20.9. The smallest absolute Gasteiger partial charge is 0.233 e. The van der Waals surface area contributed by atoms with Gasteiger partial charge in [-0.3, -0.25) is 19.3 Å². The number of rotatable bonds is 5. The van der Waals surface area contributed by atoms with Gasteiger partial charge in [-0.05, 0) is 36.0 Å². The van der Waals surface area contributed by atoms with Crippen LogP contribution in [0.5, 0.6) is 0 Å². The Labute approximate surface area is 158 Å². The van der Waals surface area contributed by atoms with Crippen LogP contribution in [0.3, 0.4) is 0 Å². The van der Waals surface area contributed by atoms with Gasteiger partial charge < -0.3 is 4.90 Å².